The lowest BCUT2D eigenvalue weighted by Crippen LogP contribution is -2.30. The highest BCUT2D eigenvalue weighted by molar-refractivity contribution is 7.90. The fourth-order valence-corrected chi connectivity index (χ4v) is 2.37. The minimum Gasteiger partial charge on any atom is -0.376 e. The highest BCUT2D eigenvalue weighted by Gasteiger charge is 2.18. The first-order valence-corrected chi connectivity index (χ1v) is 8.36. The third kappa shape index (κ3) is 5.51. The Hall–Kier alpha value is -2.68. The SMILES string of the molecule is C=C(C)C(=O)NS(=O)(=O)c1ccc(NC(=O)OC(=O)C(C)C)cc1. The van der Waals surface area contributed by atoms with Crippen LogP contribution in [0.4, 0.5) is 10.5 Å². The second kappa shape index (κ2) is 7.73. The van der Waals surface area contributed by atoms with Crippen molar-refractivity contribution < 1.29 is 27.5 Å². The Morgan fingerprint density at radius 2 is 1.67 bits per heavy atom. The van der Waals surface area contributed by atoms with Crippen LogP contribution in [0.2, 0.25) is 0 Å². The summed E-state index contributed by atoms with van der Waals surface area (Å²) in [6.45, 7) is 7.88. The molecule has 8 nitrogen and oxygen atoms in total. The van der Waals surface area contributed by atoms with Crippen LogP contribution in [-0.2, 0) is 24.3 Å². The van der Waals surface area contributed by atoms with Gasteiger partial charge in [-0.15, -0.1) is 0 Å². The van der Waals surface area contributed by atoms with Gasteiger partial charge in [-0.3, -0.25) is 14.9 Å². The summed E-state index contributed by atoms with van der Waals surface area (Å²) in [5.41, 5.74) is 0.274. The summed E-state index contributed by atoms with van der Waals surface area (Å²) in [5, 5.41) is 2.29. The predicted octanol–water partition coefficient (Wildman–Crippen LogP) is 1.80. The fraction of sp³-hybridized carbons (Fsp3) is 0.267. The Morgan fingerprint density at radius 3 is 2.12 bits per heavy atom. The molecule has 0 fully saturated rings. The van der Waals surface area contributed by atoms with Gasteiger partial charge in [0.15, 0.2) is 0 Å². The van der Waals surface area contributed by atoms with E-state index >= 15 is 0 Å². The van der Waals surface area contributed by atoms with Crippen LogP contribution < -0.4 is 10.0 Å². The van der Waals surface area contributed by atoms with Gasteiger partial charge < -0.3 is 4.74 Å². The summed E-state index contributed by atoms with van der Waals surface area (Å²) in [5.74, 6) is -1.96. The number of benzene rings is 1. The average molecular weight is 354 g/mol. The van der Waals surface area contributed by atoms with E-state index in [2.05, 4.69) is 16.6 Å². The van der Waals surface area contributed by atoms with E-state index in [1.165, 1.54) is 31.2 Å². The number of ether oxygens (including phenoxy) is 1. The van der Waals surface area contributed by atoms with Crippen LogP contribution >= 0.6 is 0 Å². The summed E-state index contributed by atoms with van der Waals surface area (Å²) >= 11 is 0. The molecule has 0 aliphatic rings. The molecule has 1 aromatic rings. The van der Waals surface area contributed by atoms with Gasteiger partial charge in [0.2, 0.25) is 0 Å². The molecule has 2 amide bonds. The monoisotopic (exact) mass is 354 g/mol. The van der Waals surface area contributed by atoms with Gasteiger partial charge in [-0.2, -0.15) is 0 Å². The summed E-state index contributed by atoms with van der Waals surface area (Å²) in [6.07, 6.45) is -0.972. The summed E-state index contributed by atoms with van der Waals surface area (Å²) in [4.78, 5) is 34.0. The van der Waals surface area contributed by atoms with Crippen LogP contribution in [-0.4, -0.2) is 26.4 Å². The molecule has 1 rings (SSSR count). The van der Waals surface area contributed by atoms with Gasteiger partial charge in [0.05, 0.1) is 10.8 Å². The lowest BCUT2D eigenvalue weighted by molar-refractivity contribution is -0.140. The van der Waals surface area contributed by atoms with Gasteiger partial charge >= 0.3 is 12.1 Å². The van der Waals surface area contributed by atoms with E-state index in [0.29, 0.717) is 0 Å². The Labute approximate surface area is 139 Å². The molecule has 0 spiro atoms. The second-order valence-electron chi connectivity index (χ2n) is 5.23. The van der Waals surface area contributed by atoms with Crippen LogP contribution in [0.25, 0.3) is 0 Å². The Kier molecular flexibility index (Phi) is 6.24. The summed E-state index contributed by atoms with van der Waals surface area (Å²) < 4.78 is 30.3. The van der Waals surface area contributed by atoms with Crippen LogP contribution in [0.15, 0.2) is 41.3 Å². The first kappa shape index (κ1) is 19.4. The maximum Gasteiger partial charge on any atom is 0.419 e. The molecule has 24 heavy (non-hydrogen) atoms. The van der Waals surface area contributed by atoms with Gasteiger partial charge in [-0.1, -0.05) is 20.4 Å². The maximum atomic E-state index is 12.0. The normalized spacial score (nSPS) is 10.8. The number of esters is 1. The number of hydrogen-bond donors (Lipinski definition) is 2. The van der Waals surface area contributed by atoms with Gasteiger partial charge in [-0.05, 0) is 31.2 Å². The lowest BCUT2D eigenvalue weighted by atomic mass is 10.2. The average Bonchev–Trinajstić information content (AvgIpc) is 2.46. The van der Waals surface area contributed by atoms with Crippen molar-refractivity contribution in [3.63, 3.8) is 0 Å². The molecule has 0 aliphatic carbocycles. The van der Waals surface area contributed by atoms with Crippen molar-refractivity contribution in [3.8, 4) is 0 Å². The molecule has 0 bridgehead atoms. The quantitative estimate of drug-likeness (QED) is 0.473. The Bertz CT molecular complexity index is 766. The molecular formula is C15H18N2O6S. The van der Waals surface area contributed by atoms with Crippen molar-refractivity contribution in [2.24, 2.45) is 5.92 Å². The second-order valence-corrected chi connectivity index (χ2v) is 6.91. The number of anilines is 1. The van der Waals surface area contributed by atoms with E-state index in [4.69, 9.17) is 0 Å². The number of sulfonamides is 1. The first-order valence-electron chi connectivity index (χ1n) is 6.88. The standard InChI is InChI=1S/C15H18N2O6S/c1-9(2)13(18)17-24(21,22)12-7-5-11(6-8-12)16-15(20)23-14(19)10(3)4/h5-8,10H,1H2,2-4H3,(H,16,20)(H,17,18). The van der Waals surface area contributed by atoms with Crippen molar-refractivity contribution in [1.82, 2.24) is 4.72 Å². The minimum atomic E-state index is -4.04. The molecule has 0 saturated carbocycles. The van der Waals surface area contributed by atoms with Gasteiger partial charge in [0.25, 0.3) is 15.9 Å². The number of rotatable bonds is 5. The van der Waals surface area contributed by atoms with Crippen molar-refractivity contribution in [1.29, 1.82) is 0 Å². The van der Waals surface area contributed by atoms with E-state index in [1.807, 2.05) is 4.72 Å². The molecule has 130 valence electrons. The number of amides is 2. The van der Waals surface area contributed by atoms with E-state index in [-0.39, 0.29) is 16.2 Å². The largest absolute Gasteiger partial charge is 0.419 e. The zero-order valence-corrected chi connectivity index (χ0v) is 14.3. The van der Waals surface area contributed by atoms with Crippen LogP contribution in [0, 0.1) is 5.92 Å². The van der Waals surface area contributed by atoms with Gasteiger partial charge in [0, 0.05) is 11.3 Å². The van der Waals surface area contributed by atoms with Crippen molar-refractivity contribution in [2.75, 3.05) is 5.32 Å². The molecular weight excluding hydrogens is 336 g/mol. The molecule has 0 aromatic heterocycles. The molecule has 2 N–H and O–H groups in total. The third-order valence-corrected chi connectivity index (χ3v) is 4.04. The number of hydrogen-bond acceptors (Lipinski definition) is 6. The summed E-state index contributed by atoms with van der Waals surface area (Å²) in [7, 11) is -4.04. The van der Waals surface area contributed by atoms with E-state index in [1.54, 1.807) is 13.8 Å². The predicted molar refractivity (Wildman–Crippen MR) is 86.5 cm³/mol. The van der Waals surface area contributed by atoms with Gasteiger partial charge in [0.1, 0.15) is 0 Å². The molecule has 0 unspecified atom stereocenters. The number of nitrogens with one attached hydrogen (secondary N) is 2. The smallest absolute Gasteiger partial charge is 0.376 e. The molecule has 1 aromatic carbocycles. The third-order valence-electron chi connectivity index (χ3n) is 2.69. The van der Waals surface area contributed by atoms with Crippen LogP contribution in [0.3, 0.4) is 0 Å². The molecule has 0 aliphatic heterocycles. The highest BCUT2D eigenvalue weighted by Crippen LogP contribution is 2.14. The maximum absolute atomic E-state index is 12.0. The first-order chi connectivity index (χ1) is 11.0. The molecule has 0 atom stereocenters. The van der Waals surface area contributed by atoms with Crippen LogP contribution in [0.5, 0.6) is 0 Å². The molecule has 0 saturated heterocycles. The Morgan fingerprint density at radius 1 is 1.12 bits per heavy atom. The zero-order chi connectivity index (χ0) is 18.5. The van der Waals surface area contributed by atoms with E-state index in [0.717, 1.165) is 0 Å². The zero-order valence-electron chi connectivity index (χ0n) is 13.5. The van der Waals surface area contributed by atoms with Crippen LogP contribution in [0.1, 0.15) is 20.8 Å². The van der Waals surface area contributed by atoms with Crippen molar-refractivity contribution in [2.45, 2.75) is 25.7 Å². The molecule has 0 radical (unpaired) electrons. The topological polar surface area (TPSA) is 119 Å². The summed E-state index contributed by atoms with van der Waals surface area (Å²) in [6, 6.07) is 4.96. The highest BCUT2D eigenvalue weighted by atomic mass is 32.2. The van der Waals surface area contributed by atoms with Crippen molar-refractivity contribution >= 4 is 33.7 Å². The number of carbonyl (C=O) groups excluding carboxylic acids is 3. The lowest BCUT2D eigenvalue weighted by Gasteiger charge is -2.09. The van der Waals surface area contributed by atoms with E-state index in [9.17, 15) is 22.8 Å². The fourth-order valence-electron chi connectivity index (χ4n) is 1.34. The van der Waals surface area contributed by atoms with Crippen molar-refractivity contribution in [3.05, 3.63) is 36.4 Å². The number of carbonyl (C=O) groups is 3. The van der Waals surface area contributed by atoms with Gasteiger partial charge in [-0.25, -0.2) is 17.9 Å². The Balaban J connectivity index is 2.79. The molecule has 0 heterocycles. The minimum absolute atomic E-state index is 0.0504. The molecule has 9 heteroatoms. The van der Waals surface area contributed by atoms with E-state index < -0.39 is 33.9 Å².